The molecule has 0 bridgehead atoms. The summed E-state index contributed by atoms with van der Waals surface area (Å²) < 4.78 is 68.3. The number of halogens is 1. The minimum Gasteiger partial charge on any atom is -0.462 e. The van der Waals surface area contributed by atoms with Crippen molar-refractivity contribution in [3.8, 4) is 0 Å². The van der Waals surface area contributed by atoms with Crippen LogP contribution in [0.1, 0.15) is 45.1 Å². The average molecular weight is 1020 g/mol. The van der Waals surface area contributed by atoms with Gasteiger partial charge in [-0.1, -0.05) is 52.3 Å². The highest BCUT2D eigenvalue weighted by Gasteiger charge is 2.49. The van der Waals surface area contributed by atoms with E-state index in [0.29, 0.717) is 98.1 Å². The number of hydrogen-bond acceptors (Lipinski definition) is 20. The van der Waals surface area contributed by atoms with Gasteiger partial charge in [-0.05, 0) is 39.8 Å². The number of hydrogen-bond donors (Lipinski definition) is 2. The molecule has 0 aromatic heterocycles. The molecule has 0 amide bonds. The molecule has 384 valence electrons. The smallest absolute Gasteiger partial charge is 0.330 e. The van der Waals surface area contributed by atoms with Crippen LogP contribution < -0.4 is 5.32 Å². The van der Waals surface area contributed by atoms with Gasteiger partial charge in [-0.15, -0.1) is 0 Å². The summed E-state index contributed by atoms with van der Waals surface area (Å²) in [4.78, 5) is 66.5. The third-order valence-corrected chi connectivity index (χ3v) is 9.91. The third kappa shape index (κ3) is 29.9. The number of carbonyl (C=O) groups excluding carboxylic acids is 5. The van der Waals surface area contributed by atoms with E-state index >= 15 is 0 Å². The number of likely N-dealkylation sites (N-methyl/N-ethyl adjacent to an activating group) is 1. The maximum Gasteiger partial charge on any atom is 0.330 e. The highest BCUT2D eigenvalue weighted by molar-refractivity contribution is 9.10. The quantitative estimate of drug-likeness (QED) is 0.0238. The molecule has 0 spiro atoms. The molecule has 0 heterocycles. The monoisotopic (exact) mass is 1020 g/mol. The van der Waals surface area contributed by atoms with Gasteiger partial charge < -0.3 is 72.0 Å². The van der Waals surface area contributed by atoms with E-state index in [2.05, 4.69) is 21.2 Å². The number of aliphatic hydroxyl groups excluding tert-OH is 1. The Balaban J connectivity index is 2.56. The number of esters is 4. The molecule has 1 aromatic rings. The van der Waals surface area contributed by atoms with Gasteiger partial charge in [-0.2, -0.15) is 0 Å². The average Bonchev–Trinajstić information content (AvgIpc) is 3.31. The second-order valence-corrected chi connectivity index (χ2v) is 16.7. The summed E-state index contributed by atoms with van der Waals surface area (Å²) in [6, 6.07) is 8.41. The van der Waals surface area contributed by atoms with Crippen molar-refractivity contribution in [2.45, 2.75) is 50.0 Å². The van der Waals surface area contributed by atoms with Crippen LogP contribution in [0, 0.1) is 5.41 Å². The first-order valence-electron chi connectivity index (χ1n) is 22.3. The molecule has 0 saturated heterocycles. The summed E-state index contributed by atoms with van der Waals surface area (Å²) in [6.45, 7) is 10.2. The standard InChI is InChI=1S/C46H74BrNO19/c1-6-10-41(51)64-31-32-65-42(52)39(37-11-8-7-9-12-37)33-45(2,40(50)34-46(3,47)44(54)67-36-38(49)35-48-4)43(53)66-30-29-63-28-27-62-26-25-61-24-23-60-22-21-59-20-19-58-18-17-57-16-15-56-14-13-55-5/h6-12,38-39,48-49H,13-36H2,1-5H3/b10-6+. The Labute approximate surface area is 403 Å². The Kier molecular flexibility index (Phi) is 36.2. The molecule has 0 aliphatic rings. The molecule has 0 radical (unpaired) electrons. The molecular weight excluding hydrogens is 950 g/mol. The molecule has 67 heavy (non-hydrogen) atoms. The van der Waals surface area contributed by atoms with Crippen molar-refractivity contribution < 1.29 is 90.7 Å². The van der Waals surface area contributed by atoms with E-state index in [9.17, 15) is 29.1 Å². The molecule has 4 atom stereocenters. The van der Waals surface area contributed by atoms with E-state index in [1.165, 1.54) is 26.0 Å². The number of aliphatic hydroxyl groups is 1. The molecule has 0 aliphatic carbocycles. The first kappa shape index (κ1) is 61.6. The Morgan fingerprint density at radius 2 is 1.06 bits per heavy atom. The number of ether oxygens (including phenoxy) is 13. The van der Waals surface area contributed by atoms with Crippen LogP contribution in [-0.4, -0.2) is 205 Å². The van der Waals surface area contributed by atoms with E-state index < -0.39 is 64.3 Å². The molecule has 2 N–H and O–H groups in total. The van der Waals surface area contributed by atoms with Crippen LogP contribution in [0.5, 0.6) is 0 Å². The van der Waals surface area contributed by atoms with Gasteiger partial charge in [0.05, 0.1) is 118 Å². The van der Waals surface area contributed by atoms with Crippen molar-refractivity contribution >= 4 is 45.6 Å². The topological polar surface area (TPSA) is 238 Å². The zero-order valence-corrected chi connectivity index (χ0v) is 41.4. The van der Waals surface area contributed by atoms with Crippen molar-refractivity contribution in [1.82, 2.24) is 5.32 Å². The highest BCUT2D eigenvalue weighted by Crippen LogP contribution is 2.39. The number of nitrogens with one attached hydrogen (secondary N) is 1. The lowest BCUT2D eigenvalue weighted by Gasteiger charge is -2.32. The molecule has 4 unspecified atom stereocenters. The molecule has 1 rings (SSSR count). The largest absolute Gasteiger partial charge is 0.462 e. The third-order valence-electron chi connectivity index (χ3n) is 9.30. The fraction of sp³-hybridized carbons (Fsp3) is 0.717. The minimum absolute atomic E-state index is 0.0288. The fourth-order valence-corrected chi connectivity index (χ4v) is 6.00. The molecule has 20 nitrogen and oxygen atoms in total. The number of Topliss-reactive ketones (excluding diaryl/α,β-unsaturated/α-hetero) is 1. The van der Waals surface area contributed by atoms with E-state index in [1.54, 1.807) is 51.4 Å². The SMILES string of the molecule is C/C=C/C(=O)OCCOC(=O)C(CC(C)(C(=O)CC(C)(Br)C(=O)OCC(O)CNC)C(=O)OCCOCCOCCOCCOCCOCCOCCOCCOCCOC)c1ccccc1. The van der Waals surface area contributed by atoms with E-state index in [1.807, 2.05) is 0 Å². The predicted molar refractivity (Wildman–Crippen MR) is 246 cm³/mol. The number of ketones is 1. The molecule has 0 fully saturated rings. The number of allylic oxidation sites excluding steroid dienone is 1. The first-order chi connectivity index (χ1) is 32.3. The van der Waals surface area contributed by atoms with E-state index in [0.717, 1.165) is 0 Å². The molecule has 0 saturated carbocycles. The maximum absolute atomic E-state index is 14.2. The summed E-state index contributed by atoms with van der Waals surface area (Å²) in [5, 5.41) is 12.8. The van der Waals surface area contributed by atoms with Crippen LogP contribution in [0.4, 0.5) is 0 Å². The molecule has 0 aliphatic heterocycles. The van der Waals surface area contributed by atoms with E-state index in [-0.39, 0.29) is 52.8 Å². The zero-order valence-electron chi connectivity index (χ0n) is 39.8. The maximum atomic E-state index is 14.2. The van der Waals surface area contributed by atoms with Gasteiger partial charge in [0, 0.05) is 26.2 Å². The Morgan fingerprint density at radius 1 is 0.627 bits per heavy atom. The van der Waals surface area contributed by atoms with Gasteiger partial charge in [0.15, 0.2) is 5.78 Å². The van der Waals surface area contributed by atoms with Crippen LogP contribution in [0.3, 0.4) is 0 Å². The van der Waals surface area contributed by atoms with Crippen molar-refractivity contribution in [1.29, 1.82) is 0 Å². The van der Waals surface area contributed by atoms with Gasteiger partial charge in [-0.25, -0.2) is 4.79 Å². The Hall–Kier alpha value is -3.45. The lowest BCUT2D eigenvalue weighted by atomic mass is 9.73. The Morgan fingerprint density at radius 3 is 1.51 bits per heavy atom. The van der Waals surface area contributed by atoms with Gasteiger partial charge in [-0.3, -0.25) is 19.2 Å². The second kappa shape index (κ2) is 39.4. The molecule has 1 aromatic carbocycles. The van der Waals surface area contributed by atoms with E-state index in [4.69, 9.17) is 61.6 Å². The van der Waals surface area contributed by atoms with Gasteiger partial charge in [0.2, 0.25) is 0 Å². The second-order valence-electron chi connectivity index (χ2n) is 15.0. The zero-order chi connectivity index (χ0) is 49.4. The lowest BCUT2D eigenvalue weighted by Crippen LogP contribution is -2.45. The van der Waals surface area contributed by atoms with Gasteiger partial charge >= 0.3 is 23.9 Å². The lowest BCUT2D eigenvalue weighted by molar-refractivity contribution is -0.164. The van der Waals surface area contributed by atoms with Crippen LogP contribution >= 0.6 is 15.9 Å². The normalized spacial score (nSPS) is 14.2. The number of rotatable bonds is 44. The van der Waals surface area contributed by atoms with Crippen molar-refractivity contribution in [3.63, 3.8) is 0 Å². The highest BCUT2D eigenvalue weighted by atomic mass is 79.9. The Bertz CT molecular complexity index is 1500. The number of alkyl halides is 1. The molecular formula is C46H74BrNO19. The van der Waals surface area contributed by atoms with Crippen LogP contribution in [0.2, 0.25) is 0 Å². The first-order valence-corrected chi connectivity index (χ1v) is 23.1. The van der Waals surface area contributed by atoms with Crippen molar-refractivity contribution in [2.24, 2.45) is 5.41 Å². The van der Waals surface area contributed by atoms with Crippen LogP contribution in [-0.2, 0) is 85.6 Å². The van der Waals surface area contributed by atoms with Gasteiger partial charge in [0.1, 0.15) is 42.3 Å². The number of carbonyl (C=O) groups is 5. The summed E-state index contributed by atoms with van der Waals surface area (Å²) in [5.41, 5.74) is -1.55. The molecule has 21 heteroatoms. The number of benzene rings is 1. The van der Waals surface area contributed by atoms with Crippen LogP contribution in [0.25, 0.3) is 0 Å². The fourth-order valence-electron chi connectivity index (χ4n) is 5.63. The van der Waals surface area contributed by atoms with Crippen LogP contribution in [0.15, 0.2) is 42.5 Å². The van der Waals surface area contributed by atoms with Crippen molar-refractivity contribution in [2.75, 3.05) is 159 Å². The summed E-state index contributed by atoms with van der Waals surface area (Å²) in [7, 11) is 3.25. The van der Waals surface area contributed by atoms with Crippen molar-refractivity contribution in [3.05, 3.63) is 48.0 Å². The summed E-state index contributed by atoms with van der Waals surface area (Å²) in [5.74, 6) is -5.08. The van der Waals surface area contributed by atoms with Gasteiger partial charge in [0.25, 0.3) is 0 Å². The number of methoxy groups -OCH3 is 1. The minimum atomic E-state index is -1.99. The summed E-state index contributed by atoms with van der Waals surface area (Å²) >= 11 is 3.28. The summed E-state index contributed by atoms with van der Waals surface area (Å²) in [6.07, 6.45) is 0.786. The predicted octanol–water partition coefficient (Wildman–Crippen LogP) is 2.39.